The molecule has 0 bridgehead atoms. The number of aliphatic imine (C=N–C) groups is 1. The van der Waals surface area contributed by atoms with Gasteiger partial charge in [-0.15, -0.1) is 0 Å². The Bertz CT molecular complexity index is 2230. The molecule has 1 aliphatic carbocycles. The van der Waals surface area contributed by atoms with Crippen LogP contribution in [0.25, 0.3) is 0 Å². The first kappa shape index (κ1) is 34.8. The molecule has 4 aliphatic rings. The van der Waals surface area contributed by atoms with Crippen molar-refractivity contribution in [3.63, 3.8) is 0 Å². The zero-order valence-electron chi connectivity index (χ0n) is 30.6. The standard InChI is InChI=1S/C43H43N5O6/c1-26-12-39(51-2)41(19-35(26)45-21-32-16-29-8-4-6-10-37(29)47(32)25-49)53-23-27-13-28(15-31(44)14-27)24-54-42-20-36-34(18-40(42)52-3)43(50)48-33(22-46-36)17-30-9-5-7-11-38(30)48/h4,6-8,10-15,18-20,22,25,32-33,45H,5,9,16-17,21,23-24,44H2,1-3H3/t32?,33-/m0/s1. The highest BCUT2D eigenvalue weighted by Gasteiger charge is 2.38. The van der Waals surface area contributed by atoms with E-state index >= 15 is 0 Å². The molecule has 0 saturated carbocycles. The van der Waals surface area contributed by atoms with Crippen LogP contribution in [0.5, 0.6) is 23.0 Å². The van der Waals surface area contributed by atoms with Gasteiger partial charge in [-0.1, -0.05) is 24.3 Å². The Balaban J connectivity index is 0.950. The van der Waals surface area contributed by atoms with Gasteiger partial charge in [0.25, 0.3) is 5.91 Å². The molecular formula is C43H43N5O6. The highest BCUT2D eigenvalue weighted by molar-refractivity contribution is 6.05. The van der Waals surface area contributed by atoms with Crippen LogP contribution in [0.1, 0.15) is 51.9 Å². The normalized spacial score (nSPS) is 18.1. The van der Waals surface area contributed by atoms with Gasteiger partial charge in [-0.25, -0.2) is 0 Å². The Hall–Kier alpha value is -6.23. The van der Waals surface area contributed by atoms with E-state index in [1.54, 1.807) is 31.3 Å². The molecule has 0 aromatic heterocycles. The molecule has 1 unspecified atom stereocenters. The summed E-state index contributed by atoms with van der Waals surface area (Å²) in [5.41, 5.74) is 15.9. The minimum atomic E-state index is -0.103. The van der Waals surface area contributed by atoms with Gasteiger partial charge >= 0.3 is 0 Å². The number of benzene rings is 4. The first-order valence-corrected chi connectivity index (χ1v) is 18.2. The van der Waals surface area contributed by atoms with E-state index < -0.39 is 0 Å². The van der Waals surface area contributed by atoms with Crippen LogP contribution in [-0.4, -0.2) is 56.3 Å². The number of anilines is 3. The molecule has 11 heteroatoms. The second kappa shape index (κ2) is 14.7. The van der Waals surface area contributed by atoms with E-state index in [4.69, 9.17) is 29.7 Å². The van der Waals surface area contributed by atoms with Crippen molar-refractivity contribution in [1.82, 2.24) is 4.90 Å². The van der Waals surface area contributed by atoms with Crippen molar-refractivity contribution in [3.8, 4) is 23.0 Å². The summed E-state index contributed by atoms with van der Waals surface area (Å²) in [5.74, 6) is 2.01. The number of nitrogen functional groups attached to an aromatic ring is 1. The summed E-state index contributed by atoms with van der Waals surface area (Å²) < 4.78 is 24.0. The van der Waals surface area contributed by atoms with E-state index in [2.05, 4.69) is 23.5 Å². The third kappa shape index (κ3) is 6.61. The maximum atomic E-state index is 13.8. The van der Waals surface area contributed by atoms with Crippen LogP contribution in [0.15, 0.2) is 95.1 Å². The molecule has 0 spiro atoms. The quantitative estimate of drug-likeness (QED) is 0.115. The first-order valence-electron chi connectivity index (χ1n) is 18.2. The lowest BCUT2D eigenvalue weighted by Crippen LogP contribution is -2.36. The number of nitrogens with two attached hydrogens (primary N) is 1. The number of ether oxygens (including phenoxy) is 4. The lowest BCUT2D eigenvalue weighted by atomic mass is 10.0. The topological polar surface area (TPSA) is 128 Å². The number of methoxy groups -OCH3 is 2. The minimum Gasteiger partial charge on any atom is -0.493 e. The van der Waals surface area contributed by atoms with Crippen LogP contribution in [0.2, 0.25) is 0 Å². The Morgan fingerprint density at radius 1 is 0.926 bits per heavy atom. The Morgan fingerprint density at radius 3 is 2.43 bits per heavy atom. The zero-order chi connectivity index (χ0) is 37.3. The molecule has 4 aromatic rings. The van der Waals surface area contributed by atoms with E-state index in [1.165, 1.54) is 5.57 Å². The molecule has 4 aromatic carbocycles. The van der Waals surface area contributed by atoms with Gasteiger partial charge in [0.05, 0.1) is 37.6 Å². The van der Waals surface area contributed by atoms with Crippen molar-refractivity contribution in [2.24, 2.45) is 4.99 Å². The number of carbonyl (C=O) groups excluding carboxylic acids is 2. The first-order chi connectivity index (χ1) is 26.3. The molecule has 8 rings (SSSR count). The predicted molar refractivity (Wildman–Crippen MR) is 209 cm³/mol. The van der Waals surface area contributed by atoms with Gasteiger partial charge < -0.3 is 34.9 Å². The van der Waals surface area contributed by atoms with Crippen LogP contribution < -0.4 is 34.9 Å². The number of nitrogens with zero attached hydrogens (tertiary/aromatic N) is 3. The van der Waals surface area contributed by atoms with Gasteiger partial charge in [0, 0.05) is 47.7 Å². The third-order valence-corrected chi connectivity index (χ3v) is 10.5. The maximum absolute atomic E-state index is 13.8. The van der Waals surface area contributed by atoms with Crippen molar-refractivity contribution in [3.05, 3.63) is 118 Å². The fourth-order valence-electron chi connectivity index (χ4n) is 7.88. The summed E-state index contributed by atoms with van der Waals surface area (Å²) in [4.78, 5) is 34.2. The second-order valence-electron chi connectivity index (χ2n) is 14.0. The van der Waals surface area contributed by atoms with Crippen molar-refractivity contribution < 1.29 is 28.5 Å². The summed E-state index contributed by atoms with van der Waals surface area (Å²) in [7, 11) is 3.18. The number of hydrogen-bond donors (Lipinski definition) is 2. The number of allylic oxidation sites excluding steroid dienone is 2. The van der Waals surface area contributed by atoms with Crippen LogP contribution >= 0.6 is 0 Å². The molecule has 0 saturated heterocycles. The zero-order valence-corrected chi connectivity index (χ0v) is 30.6. The van der Waals surface area contributed by atoms with Gasteiger partial charge in [-0.05, 0) is 103 Å². The number of fused-ring (bicyclic) bond motifs is 4. The van der Waals surface area contributed by atoms with E-state index in [-0.39, 0.29) is 31.2 Å². The van der Waals surface area contributed by atoms with Crippen LogP contribution in [0.3, 0.4) is 0 Å². The van der Waals surface area contributed by atoms with Crippen molar-refractivity contribution >= 4 is 41.3 Å². The predicted octanol–water partition coefficient (Wildman–Crippen LogP) is 7.29. The highest BCUT2D eigenvalue weighted by Crippen LogP contribution is 2.42. The van der Waals surface area contributed by atoms with Crippen molar-refractivity contribution in [2.45, 2.75) is 57.9 Å². The Labute approximate surface area is 314 Å². The highest BCUT2D eigenvalue weighted by atomic mass is 16.5. The molecule has 2 atom stereocenters. The molecule has 2 amide bonds. The van der Waals surface area contributed by atoms with Crippen LogP contribution in [0, 0.1) is 6.92 Å². The van der Waals surface area contributed by atoms with Gasteiger partial charge in [0.1, 0.15) is 13.2 Å². The fraction of sp³-hybridized carbons (Fsp3) is 0.279. The summed E-state index contributed by atoms with van der Waals surface area (Å²) in [5, 5.41) is 3.53. The molecule has 3 heterocycles. The number of hydrogen-bond acceptors (Lipinski definition) is 9. The number of nitrogens with one attached hydrogen (secondary N) is 1. The molecule has 0 radical (unpaired) electrons. The third-order valence-electron chi connectivity index (χ3n) is 10.5. The molecule has 3 aliphatic heterocycles. The molecule has 0 fully saturated rings. The molecule has 276 valence electrons. The average Bonchev–Trinajstić information content (AvgIpc) is 3.71. The largest absolute Gasteiger partial charge is 0.493 e. The lowest BCUT2D eigenvalue weighted by molar-refractivity contribution is -0.107. The fourth-order valence-corrected chi connectivity index (χ4v) is 7.88. The number of para-hydroxylation sites is 1. The molecular weight excluding hydrogens is 683 g/mol. The number of carbonyl (C=O) groups is 2. The molecule has 11 nitrogen and oxygen atoms in total. The average molecular weight is 726 g/mol. The van der Waals surface area contributed by atoms with Gasteiger partial charge in [-0.2, -0.15) is 0 Å². The SMILES string of the molecule is COc1cc2c(cc1OCc1cc(N)cc(COc3cc(NCC4Cc5ccccc5N4C=O)c(C)cc3OC)c1)N=C[C@@H]1CC3=C(C=CCC3)N1C2=O. The van der Waals surface area contributed by atoms with E-state index in [1.807, 2.05) is 66.6 Å². The summed E-state index contributed by atoms with van der Waals surface area (Å²) >= 11 is 0. The van der Waals surface area contributed by atoms with Crippen LogP contribution in [0.4, 0.5) is 22.7 Å². The summed E-state index contributed by atoms with van der Waals surface area (Å²) in [6.45, 7) is 3.02. The van der Waals surface area contributed by atoms with E-state index in [0.717, 1.165) is 71.4 Å². The van der Waals surface area contributed by atoms with Gasteiger partial charge in [-0.3, -0.25) is 19.5 Å². The minimum absolute atomic E-state index is 0.00213. The van der Waals surface area contributed by atoms with Gasteiger partial charge in [0.15, 0.2) is 23.0 Å². The smallest absolute Gasteiger partial charge is 0.261 e. The molecule has 3 N–H and O–H groups in total. The van der Waals surface area contributed by atoms with Crippen molar-refractivity contribution in [2.75, 3.05) is 36.7 Å². The number of rotatable bonds is 12. The maximum Gasteiger partial charge on any atom is 0.261 e. The monoisotopic (exact) mass is 725 g/mol. The number of aryl methyl sites for hydroxylation is 1. The Kier molecular flexibility index (Phi) is 9.45. The van der Waals surface area contributed by atoms with E-state index in [9.17, 15) is 9.59 Å². The number of amides is 2. The second-order valence-corrected chi connectivity index (χ2v) is 14.0. The lowest BCUT2D eigenvalue weighted by Gasteiger charge is -2.24. The van der Waals surface area contributed by atoms with Crippen LogP contribution in [-0.2, 0) is 24.4 Å². The summed E-state index contributed by atoms with van der Waals surface area (Å²) in [6.07, 6.45) is 10.5. The van der Waals surface area contributed by atoms with Gasteiger partial charge in [0.2, 0.25) is 6.41 Å². The Morgan fingerprint density at radius 2 is 1.67 bits per heavy atom. The van der Waals surface area contributed by atoms with E-state index in [0.29, 0.717) is 46.5 Å². The van der Waals surface area contributed by atoms with Crippen molar-refractivity contribution in [1.29, 1.82) is 0 Å². The summed E-state index contributed by atoms with van der Waals surface area (Å²) in [6, 6.07) is 21.0. The molecule has 54 heavy (non-hydrogen) atoms.